The van der Waals surface area contributed by atoms with Gasteiger partial charge in [-0.25, -0.2) is 9.59 Å². The van der Waals surface area contributed by atoms with Gasteiger partial charge < -0.3 is 18.9 Å². The van der Waals surface area contributed by atoms with E-state index < -0.39 is 54.2 Å². The third-order valence-electron chi connectivity index (χ3n) is 7.81. The van der Waals surface area contributed by atoms with E-state index in [0.717, 1.165) is 0 Å². The van der Waals surface area contributed by atoms with E-state index in [1.165, 1.54) is 4.90 Å². The number of fused-ring (bicyclic) bond motifs is 5. The lowest BCUT2D eigenvalue weighted by Crippen LogP contribution is -2.75. The monoisotopic (exact) mass is 549 g/mol. The van der Waals surface area contributed by atoms with Crippen molar-refractivity contribution in [3.63, 3.8) is 0 Å². The van der Waals surface area contributed by atoms with Crippen LogP contribution in [0.2, 0.25) is 5.02 Å². The number of cyclic esters (lactones) is 1. The molecule has 1 spiro atoms. The number of alkyl halides is 1. The number of benzene rings is 1. The van der Waals surface area contributed by atoms with Crippen LogP contribution in [0.1, 0.15) is 32.3 Å². The number of barbiturate groups is 1. The van der Waals surface area contributed by atoms with E-state index in [-0.39, 0.29) is 42.0 Å². The van der Waals surface area contributed by atoms with Crippen LogP contribution in [0.15, 0.2) is 10.6 Å². The maximum atomic E-state index is 13.4. The van der Waals surface area contributed by atoms with Crippen LogP contribution < -0.4 is 20.4 Å². The quantitative estimate of drug-likeness (QED) is 0.549. The van der Waals surface area contributed by atoms with E-state index in [1.54, 1.807) is 13.0 Å². The zero-order valence-corrected chi connectivity index (χ0v) is 21.3. The summed E-state index contributed by atoms with van der Waals surface area (Å²) in [6.45, 7) is 3.49. The Morgan fingerprint density at radius 3 is 2.66 bits per heavy atom. The number of halogens is 2. The van der Waals surface area contributed by atoms with Crippen molar-refractivity contribution in [2.24, 2.45) is 5.41 Å². The summed E-state index contributed by atoms with van der Waals surface area (Å²) in [5.41, 5.74) is -0.365. The van der Waals surface area contributed by atoms with Crippen molar-refractivity contribution in [1.29, 1.82) is 0 Å². The van der Waals surface area contributed by atoms with Crippen LogP contribution in [-0.4, -0.2) is 73.2 Å². The Hall–Kier alpha value is -3.45. The molecule has 1 unspecified atom stereocenters. The number of urea groups is 1. The number of ether oxygens (including phenoxy) is 2. The summed E-state index contributed by atoms with van der Waals surface area (Å²) in [4.78, 5) is 54.6. The molecule has 0 radical (unpaired) electrons. The van der Waals surface area contributed by atoms with Gasteiger partial charge in [0.1, 0.15) is 11.6 Å². The summed E-state index contributed by atoms with van der Waals surface area (Å²) in [5, 5.41) is 9.20. The SMILES string of the molecule is C[C@@H]1CN2c3c(cc4c(N5C(=O)OC[C@@H]5CCCF)noc4c3Cl)CC3(C(=O)NC(=O)NC3=O)C2[C@H](C)O1. The number of carbonyl (C=O) groups excluding carboxylic acids is 4. The smallest absolute Gasteiger partial charge is 0.416 e. The number of nitrogens with zero attached hydrogens (tertiary/aromatic N) is 3. The number of aromatic nitrogens is 1. The first-order chi connectivity index (χ1) is 18.2. The van der Waals surface area contributed by atoms with E-state index in [2.05, 4.69) is 15.8 Å². The maximum Gasteiger partial charge on any atom is 0.416 e. The van der Waals surface area contributed by atoms with Gasteiger partial charge in [-0.1, -0.05) is 16.8 Å². The topological polar surface area (TPSA) is 143 Å². The van der Waals surface area contributed by atoms with E-state index >= 15 is 0 Å². The van der Waals surface area contributed by atoms with Crippen molar-refractivity contribution in [3.05, 3.63) is 16.7 Å². The van der Waals surface area contributed by atoms with Crippen LogP contribution in [0.5, 0.6) is 0 Å². The molecule has 2 aromatic rings. The van der Waals surface area contributed by atoms with Gasteiger partial charge in [-0.2, -0.15) is 0 Å². The molecule has 1 aromatic carbocycles. The Morgan fingerprint density at radius 1 is 1.21 bits per heavy atom. The zero-order valence-electron chi connectivity index (χ0n) is 20.6. The molecule has 38 heavy (non-hydrogen) atoms. The number of anilines is 2. The number of imide groups is 2. The number of rotatable bonds is 4. The maximum absolute atomic E-state index is 13.4. The molecule has 0 aliphatic carbocycles. The second kappa shape index (κ2) is 8.80. The molecule has 14 heteroatoms. The van der Waals surface area contributed by atoms with Crippen LogP contribution in [0.4, 0.5) is 25.5 Å². The highest BCUT2D eigenvalue weighted by Crippen LogP contribution is 2.52. The fraction of sp³-hybridized carbons (Fsp3) is 0.542. The first-order valence-electron chi connectivity index (χ1n) is 12.4. The predicted octanol–water partition coefficient (Wildman–Crippen LogP) is 2.45. The van der Waals surface area contributed by atoms with Crippen LogP contribution in [0.3, 0.4) is 0 Å². The van der Waals surface area contributed by atoms with Crippen LogP contribution in [0, 0.1) is 5.41 Å². The third kappa shape index (κ3) is 3.40. The van der Waals surface area contributed by atoms with Crippen LogP contribution in [-0.2, 0) is 25.5 Å². The van der Waals surface area contributed by atoms with E-state index in [1.807, 2.05) is 11.8 Å². The first-order valence-corrected chi connectivity index (χ1v) is 12.8. The number of hydrogen-bond donors (Lipinski definition) is 2. The highest BCUT2D eigenvalue weighted by molar-refractivity contribution is 6.38. The third-order valence-corrected chi connectivity index (χ3v) is 8.16. The van der Waals surface area contributed by atoms with Crippen LogP contribution >= 0.6 is 11.6 Å². The van der Waals surface area contributed by atoms with Crippen molar-refractivity contribution in [2.75, 3.05) is 29.6 Å². The number of carbonyl (C=O) groups is 4. The molecule has 4 aliphatic heterocycles. The van der Waals surface area contributed by atoms with Gasteiger partial charge in [-0.15, -0.1) is 0 Å². The van der Waals surface area contributed by atoms with E-state index in [0.29, 0.717) is 29.6 Å². The summed E-state index contributed by atoms with van der Waals surface area (Å²) < 4.78 is 29.7. The Bertz CT molecular complexity index is 1360. The Labute approximate surface area is 220 Å². The van der Waals surface area contributed by atoms with Crippen molar-refractivity contribution >= 4 is 58.0 Å². The van der Waals surface area contributed by atoms with E-state index in [9.17, 15) is 23.6 Å². The minimum atomic E-state index is -1.69. The lowest BCUT2D eigenvalue weighted by atomic mass is 9.66. The fourth-order valence-electron chi connectivity index (χ4n) is 6.36. The van der Waals surface area contributed by atoms with Gasteiger partial charge in [0.05, 0.1) is 42.0 Å². The largest absolute Gasteiger partial charge is 0.447 e. The molecule has 6 rings (SSSR count). The van der Waals surface area contributed by atoms with Gasteiger partial charge in [-0.05, 0) is 44.7 Å². The lowest BCUT2D eigenvalue weighted by molar-refractivity contribution is -0.153. The molecular formula is C24H25ClFN5O7. The molecule has 4 aliphatic rings. The van der Waals surface area contributed by atoms with Crippen molar-refractivity contribution in [2.45, 2.75) is 57.4 Å². The molecule has 5 heterocycles. The Balaban J connectivity index is 1.53. The van der Waals surface area contributed by atoms with E-state index in [4.69, 9.17) is 25.6 Å². The minimum Gasteiger partial charge on any atom is -0.447 e. The average Bonchev–Trinajstić information content (AvgIpc) is 3.43. The Morgan fingerprint density at radius 2 is 1.95 bits per heavy atom. The van der Waals surface area contributed by atoms with Gasteiger partial charge in [0.2, 0.25) is 11.8 Å². The Kier molecular flexibility index (Phi) is 5.76. The van der Waals surface area contributed by atoms with Crippen molar-refractivity contribution in [3.8, 4) is 0 Å². The van der Waals surface area contributed by atoms with Gasteiger partial charge in [0.25, 0.3) is 0 Å². The van der Waals surface area contributed by atoms with Gasteiger partial charge in [-0.3, -0.25) is 29.5 Å². The number of nitrogens with one attached hydrogen (secondary N) is 2. The predicted molar refractivity (Wildman–Crippen MR) is 131 cm³/mol. The molecule has 4 atom stereocenters. The second-order valence-corrected chi connectivity index (χ2v) is 10.5. The molecule has 2 N–H and O–H groups in total. The number of amides is 5. The number of hydrogen-bond acceptors (Lipinski definition) is 9. The molecule has 3 saturated heterocycles. The first kappa shape index (κ1) is 24.9. The molecule has 3 fully saturated rings. The highest BCUT2D eigenvalue weighted by atomic mass is 35.5. The molecule has 1 aromatic heterocycles. The number of morpholine rings is 1. The van der Waals surface area contributed by atoms with Crippen molar-refractivity contribution < 1.29 is 37.6 Å². The van der Waals surface area contributed by atoms with Crippen LogP contribution in [0.25, 0.3) is 11.0 Å². The zero-order chi connectivity index (χ0) is 26.9. The molecule has 202 valence electrons. The summed E-state index contributed by atoms with van der Waals surface area (Å²) in [6.07, 6.45) is -0.957. The summed E-state index contributed by atoms with van der Waals surface area (Å²) in [6, 6.07) is -0.406. The molecule has 12 nitrogen and oxygen atoms in total. The van der Waals surface area contributed by atoms with Gasteiger partial charge in [0, 0.05) is 6.54 Å². The molecule has 0 bridgehead atoms. The summed E-state index contributed by atoms with van der Waals surface area (Å²) in [7, 11) is 0. The molecular weight excluding hydrogens is 525 g/mol. The summed E-state index contributed by atoms with van der Waals surface area (Å²) in [5.74, 6) is -1.30. The van der Waals surface area contributed by atoms with Gasteiger partial charge in [0.15, 0.2) is 16.8 Å². The minimum absolute atomic E-state index is 0.0780. The molecule has 0 saturated carbocycles. The lowest BCUT2D eigenvalue weighted by Gasteiger charge is -2.55. The highest BCUT2D eigenvalue weighted by Gasteiger charge is 2.63. The second-order valence-electron chi connectivity index (χ2n) is 10.1. The standard InChI is InChI=1S/C24H25ClFN5O7/c1-10-8-30-16-12(7-24(18(30)11(2)37-10)20(32)27-22(34)28-21(24)33)6-14-17(15(16)25)38-29-19(14)31-13(4-3-5-26)9-36-23(31)35/h6,10-11,13,18H,3-5,7-9H2,1-2H3,(H2,27,28,32,33,34)/t10-,11+,13+,18?/m1/s1. The molecule has 5 amide bonds. The summed E-state index contributed by atoms with van der Waals surface area (Å²) >= 11 is 6.92. The normalized spacial score (nSPS) is 28.3. The van der Waals surface area contributed by atoms with Crippen molar-refractivity contribution in [1.82, 2.24) is 15.8 Å². The van der Waals surface area contributed by atoms with Gasteiger partial charge >= 0.3 is 12.1 Å². The fourth-order valence-corrected chi connectivity index (χ4v) is 6.72. The average molecular weight is 550 g/mol.